The number of nitrogens with zero attached hydrogens (tertiary/aromatic N) is 1. The predicted molar refractivity (Wildman–Crippen MR) is 46.9 cm³/mol. The summed E-state index contributed by atoms with van der Waals surface area (Å²) < 4.78 is 4.37. The van der Waals surface area contributed by atoms with Crippen molar-refractivity contribution in [2.24, 2.45) is 5.92 Å². The van der Waals surface area contributed by atoms with Gasteiger partial charge in [0, 0.05) is 11.3 Å². The van der Waals surface area contributed by atoms with E-state index in [0.29, 0.717) is 6.42 Å². The Morgan fingerprint density at radius 3 is 2.38 bits per heavy atom. The SMILES string of the molecule is COC(=O)C[C@H](CC(C)C)[N+](=O)[O-]. The van der Waals surface area contributed by atoms with Gasteiger partial charge in [0.05, 0.1) is 7.11 Å². The van der Waals surface area contributed by atoms with Crippen LogP contribution in [0.15, 0.2) is 0 Å². The van der Waals surface area contributed by atoms with Gasteiger partial charge in [0.25, 0.3) is 0 Å². The second kappa shape index (κ2) is 5.50. The maximum absolute atomic E-state index is 10.8. The minimum absolute atomic E-state index is 0.137. The lowest BCUT2D eigenvalue weighted by atomic mass is 10.0. The summed E-state index contributed by atoms with van der Waals surface area (Å²) in [6, 6.07) is -0.813. The first-order valence-corrected chi connectivity index (χ1v) is 4.17. The van der Waals surface area contributed by atoms with Crippen LogP contribution in [0.5, 0.6) is 0 Å². The Balaban J connectivity index is 4.10. The van der Waals surface area contributed by atoms with Gasteiger partial charge in [-0.15, -0.1) is 0 Å². The molecule has 0 saturated heterocycles. The molecule has 76 valence electrons. The van der Waals surface area contributed by atoms with Crippen LogP contribution in [0.4, 0.5) is 0 Å². The van der Waals surface area contributed by atoms with E-state index in [9.17, 15) is 14.9 Å². The zero-order valence-corrected chi connectivity index (χ0v) is 8.15. The summed E-state index contributed by atoms with van der Waals surface area (Å²) in [7, 11) is 1.23. The van der Waals surface area contributed by atoms with Crippen molar-refractivity contribution < 1.29 is 14.5 Å². The van der Waals surface area contributed by atoms with E-state index in [2.05, 4.69) is 4.74 Å². The summed E-state index contributed by atoms with van der Waals surface area (Å²) in [5.41, 5.74) is 0. The lowest BCUT2D eigenvalue weighted by Crippen LogP contribution is -2.25. The first-order valence-electron chi connectivity index (χ1n) is 4.17. The zero-order chi connectivity index (χ0) is 10.4. The van der Waals surface area contributed by atoms with Gasteiger partial charge >= 0.3 is 5.97 Å². The highest BCUT2D eigenvalue weighted by Gasteiger charge is 2.25. The molecule has 0 fully saturated rings. The second-order valence-electron chi connectivity index (χ2n) is 3.35. The molecule has 0 radical (unpaired) electrons. The Kier molecular flexibility index (Phi) is 5.03. The summed E-state index contributed by atoms with van der Waals surface area (Å²) in [5, 5.41) is 10.5. The van der Waals surface area contributed by atoms with Crippen molar-refractivity contribution in [3.63, 3.8) is 0 Å². The van der Waals surface area contributed by atoms with E-state index in [1.54, 1.807) is 0 Å². The van der Waals surface area contributed by atoms with Crippen molar-refractivity contribution in [1.82, 2.24) is 0 Å². The summed E-state index contributed by atoms with van der Waals surface area (Å²) in [6.07, 6.45) is 0.268. The molecule has 13 heavy (non-hydrogen) atoms. The third-order valence-corrected chi connectivity index (χ3v) is 1.67. The van der Waals surface area contributed by atoms with E-state index >= 15 is 0 Å². The number of esters is 1. The van der Waals surface area contributed by atoms with Crippen LogP contribution < -0.4 is 0 Å². The standard InChI is InChI=1S/C8H15NO4/c1-6(2)4-7(9(11)12)5-8(10)13-3/h6-7H,4-5H2,1-3H3/t7-/m0/s1. The number of carbonyl (C=O) groups excluding carboxylic acids is 1. The molecule has 5 nitrogen and oxygen atoms in total. The Hall–Kier alpha value is -1.13. The van der Waals surface area contributed by atoms with Gasteiger partial charge in [0.1, 0.15) is 6.42 Å². The number of carbonyl (C=O) groups is 1. The van der Waals surface area contributed by atoms with Crippen LogP contribution in [0.1, 0.15) is 26.7 Å². The molecule has 0 aromatic rings. The van der Waals surface area contributed by atoms with Crippen LogP contribution in [0.25, 0.3) is 0 Å². The minimum Gasteiger partial charge on any atom is -0.469 e. The highest BCUT2D eigenvalue weighted by Crippen LogP contribution is 2.11. The van der Waals surface area contributed by atoms with Gasteiger partial charge in [0.2, 0.25) is 6.04 Å². The fourth-order valence-electron chi connectivity index (χ4n) is 1.06. The number of hydrogen-bond donors (Lipinski definition) is 0. The van der Waals surface area contributed by atoms with E-state index in [4.69, 9.17) is 0 Å². The first-order chi connectivity index (χ1) is 5.97. The van der Waals surface area contributed by atoms with Crippen molar-refractivity contribution in [2.45, 2.75) is 32.7 Å². The molecule has 0 N–H and O–H groups in total. The van der Waals surface area contributed by atoms with Crippen LogP contribution in [0.3, 0.4) is 0 Å². The minimum atomic E-state index is -0.813. The van der Waals surface area contributed by atoms with Gasteiger partial charge in [0.15, 0.2) is 0 Å². The molecule has 0 aliphatic rings. The van der Waals surface area contributed by atoms with E-state index in [1.165, 1.54) is 7.11 Å². The van der Waals surface area contributed by atoms with Crippen molar-refractivity contribution >= 4 is 5.97 Å². The van der Waals surface area contributed by atoms with Crippen LogP contribution in [0, 0.1) is 16.0 Å². The Labute approximate surface area is 77.2 Å². The topological polar surface area (TPSA) is 69.4 Å². The summed E-state index contributed by atoms with van der Waals surface area (Å²) >= 11 is 0. The van der Waals surface area contributed by atoms with Crippen LogP contribution >= 0.6 is 0 Å². The molecule has 5 heteroatoms. The lowest BCUT2D eigenvalue weighted by molar-refractivity contribution is -0.523. The molecule has 0 aromatic carbocycles. The molecular weight excluding hydrogens is 174 g/mol. The summed E-state index contributed by atoms with van der Waals surface area (Å²) in [6.45, 7) is 3.77. The van der Waals surface area contributed by atoms with E-state index < -0.39 is 16.9 Å². The van der Waals surface area contributed by atoms with Gasteiger partial charge in [-0.2, -0.15) is 0 Å². The fraction of sp³-hybridized carbons (Fsp3) is 0.875. The van der Waals surface area contributed by atoms with E-state index in [0.717, 1.165) is 0 Å². The highest BCUT2D eigenvalue weighted by molar-refractivity contribution is 5.69. The molecule has 0 rings (SSSR count). The average molecular weight is 189 g/mol. The van der Waals surface area contributed by atoms with Gasteiger partial charge in [-0.3, -0.25) is 14.9 Å². The Bertz CT molecular complexity index is 191. The molecule has 0 saturated carbocycles. The number of methoxy groups -OCH3 is 1. The molecular formula is C8H15NO4. The predicted octanol–water partition coefficient (Wildman–Crippen LogP) is 1.24. The molecule has 1 atom stereocenters. The maximum atomic E-state index is 10.8. The van der Waals surface area contributed by atoms with Crippen molar-refractivity contribution in [2.75, 3.05) is 7.11 Å². The average Bonchev–Trinajstić information content (AvgIpc) is 2.02. The van der Waals surface area contributed by atoms with Crippen molar-refractivity contribution in [1.29, 1.82) is 0 Å². The van der Waals surface area contributed by atoms with Gasteiger partial charge in [-0.1, -0.05) is 13.8 Å². The Morgan fingerprint density at radius 1 is 1.54 bits per heavy atom. The third kappa shape index (κ3) is 5.16. The zero-order valence-electron chi connectivity index (χ0n) is 8.15. The molecule has 0 aromatic heterocycles. The Morgan fingerprint density at radius 2 is 2.08 bits per heavy atom. The summed E-state index contributed by atoms with van der Waals surface area (Å²) in [4.78, 5) is 20.8. The fourth-order valence-corrected chi connectivity index (χ4v) is 1.06. The number of hydrogen-bond acceptors (Lipinski definition) is 4. The van der Waals surface area contributed by atoms with Crippen LogP contribution in [-0.4, -0.2) is 24.0 Å². The molecule has 0 amide bonds. The second-order valence-corrected chi connectivity index (χ2v) is 3.35. The van der Waals surface area contributed by atoms with Crippen molar-refractivity contribution in [3.8, 4) is 0 Å². The number of ether oxygens (including phenoxy) is 1. The van der Waals surface area contributed by atoms with Crippen LogP contribution in [-0.2, 0) is 9.53 Å². The molecule has 0 unspecified atom stereocenters. The molecule has 0 bridgehead atoms. The largest absolute Gasteiger partial charge is 0.469 e. The molecule has 0 spiro atoms. The maximum Gasteiger partial charge on any atom is 0.312 e. The van der Waals surface area contributed by atoms with Crippen LogP contribution in [0.2, 0.25) is 0 Å². The number of rotatable bonds is 5. The molecule has 0 aliphatic heterocycles. The summed E-state index contributed by atoms with van der Waals surface area (Å²) in [5.74, 6) is -0.317. The molecule has 0 heterocycles. The quantitative estimate of drug-likeness (QED) is 0.370. The lowest BCUT2D eigenvalue weighted by Gasteiger charge is -2.09. The van der Waals surface area contributed by atoms with Crippen molar-refractivity contribution in [3.05, 3.63) is 10.1 Å². The normalized spacial score (nSPS) is 12.6. The first kappa shape index (κ1) is 11.9. The van der Waals surface area contributed by atoms with Gasteiger partial charge in [-0.25, -0.2) is 0 Å². The number of nitro groups is 1. The monoisotopic (exact) mass is 189 g/mol. The van der Waals surface area contributed by atoms with E-state index in [-0.39, 0.29) is 12.3 Å². The van der Waals surface area contributed by atoms with Gasteiger partial charge in [-0.05, 0) is 5.92 Å². The van der Waals surface area contributed by atoms with E-state index in [1.807, 2.05) is 13.8 Å². The third-order valence-electron chi connectivity index (χ3n) is 1.67. The molecule has 0 aliphatic carbocycles. The smallest absolute Gasteiger partial charge is 0.312 e. The highest BCUT2D eigenvalue weighted by atomic mass is 16.6. The van der Waals surface area contributed by atoms with Gasteiger partial charge < -0.3 is 4.74 Å².